The maximum atomic E-state index is 13.5. The zero-order valence-corrected chi connectivity index (χ0v) is 12.7. The number of halogens is 2. The molecule has 0 amide bonds. The van der Waals surface area contributed by atoms with E-state index in [1.165, 1.54) is 6.07 Å². The van der Waals surface area contributed by atoms with Crippen molar-refractivity contribution in [3.63, 3.8) is 0 Å². The zero-order valence-electron chi connectivity index (χ0n) is 10.2. The van der Waals surface area contributed by atoms with Gasteiger partial charge in [0.05, 0.1) is 0 Å². The van der Waals surface area contributed by atoms with Gasteiger partial charge in [-0.2, -0.15) is 11.8 Å². The van der Waals surface area contributed by atoms with Crippen LogP contribution in [0.3, 0.4) is 0 Å². The Morgan fingerprint density at radius 2 is 2.06 bits per heavy atom. The van der Waals surface area contributed by atoms with Crippen molar-refractivity contribution in [1.29, 1.82) is 0 Å². The molecular formula is C13H19BrFNS. The van der Waals surface area contributed by atoms with Crippen LogP contribution in [0.15, 0.2) is 22.7 Å². The first kappa shape index (κ1) is 15.0. The molecule has 0 aliphatic heterocycles. The molecule has 0 aliphatic carbocycles. The average Bonchev–Trinajstić information content (AvgIpc) is 2.23. The Morgan fingerprint density at radius 1 is 1.35 bits per heavy atom. The average molecular weight is 320 g/mol. The van der Waals surface area contributed by atoms with E-state index >= 15 is 0 Å². The molecule has 0 spiro atoms. The summed E-state index contributed by atoms with van der Waals surface area (Å²) in [6.45, 7) is 4.37. The summed E-state index contributed by atoms with van der Waals surface area (Å²) in [5.74, 6) is 2.49. The van der Waals surface area contributed by atoms with Crippen LogP contribution in [0.1, 0.15) is 19.4 Å². The molecule has 0 aliphatic rings. The minimum atomic E-state index is -0.169. The first-order valence-electron chi connectivity index (χ1n) is 5.76. The van der Waals surface area contributed by atoms with Crippen molar-refractivity contribution >= 4 is 27.7 Å². The molecule has 0 heterocycles. The van der Waals surface area contributed by atoms with Crippen molar-refractivity contribution in [2.45, 2.75) is 26.3 Å². The highest BCUT2D eigenvalue weighted by Crippen LogP contribution is 2.18. The van der Waals surface area contributed by atoms with Gasteiger partial charge in [0.1, 0.15) is 5.82 Å². The van der Waals surface area contributed by atoms with Gasteiger partial charge in [-0.1, -0.05) is 29.8 Å². The summed E-state index contributed by atoms with van der Waals surface area (Å²) in [5, 5.41) is 0. The van der Waals surface area contributed by atoms with Crippen molar-refractivity contribution in [2.24, 2.45) is 11.7 Å². The molecule has 0 saturated carbocycles. The summed E-state index contributed by atoms with van der Waals surface area (Å²) in [6, 6.07) is 5.01. The van der Waals surface area contributed by atoms with Crippen LogP contribution in [-0.2, 0) is 6.42 Å². The lowest BCUT2D eigenvalue weighted by Crippen LogP contribution is -2.26. The maximum Gasteiger partial charge on any atom is 0.126 e. The molecule has 2 N–H and O–H groups in total. The Morgan fingerprint density at radius 3 is 2.71 bits per heavy atom. The van der Waals surface area contributed by atoms with Crippen molar-refractivity contribution in [3.05, 3.63) is 34.1 Å². The van der Waals surface area contributed by atoms with E-state index < -0.39 is 0 Å². The zero-order chi connectivity index (χ0) is 12.8. The van der Waals surface area contributed by atoms with E-state index in [4.69, 9.17) is 5.73 Å². The van der Waals surface area contributed by atoms with E-state index in [0.29, 0.717) is 17.9 Å². The Hall–Kier alpha value is -0.0600. The van der Waals surface area contributed by atoms with Gasteiger partial charge in [0.2, 0.25) is 0 Å². The fraction of sp³-hybridized carbons (Fsp3) is 0.538. The number of thioether (sulfide) groups is 1. The summed E-state index contributed by atoms with van der Waals surface area (Å²) in [7, 11) is 0. The van der Waals surface area contributed by atoms with Gasteiger partial charge in [0.25, 0.3) is 0 Å². The minimum Gasteiger partial charge on any atom is -0.327 e. The lowest BCUT2D eigenvalue weighted by Gasteiger charge is -2.13. The molecule has 96 valence electrons. The van der Waals surface area contributed by atoms with E-state index in [1.807, 2.05) is 17.8 Å². The van der Waals surface area contributed by atoms with Gasteiger partial charge in [-0.3, -0.25) is 0 Å². The Bertz CT molecular complexity index is 357. The third-order valence-corrected chi connectivity index (χ3v) is 4.33. The third-order valence-electron chi connectivity index (χ3n) is 2.27. The summed E-state index contributed by atoms with van der Waals surface area (Å²) < 4.78 is 14.4. The molecule has 0 bridgehead atoms. The predicted octanol–water partition coefficient (Wildman–Crippen LogP) is 3.85. The number of hydrogen-bond donors (Lipinski definition) is 1. The van der Waals surface area contributed by atoms with Gasteiger partial charge in [-0.15, -0.1) is 0 Å². The molecule has 4 heteroatoms. The van der Waals surface area contributed by atoms with Gasteiger partial charge >= 0.3 is 0 Å². The fourth-order valence-electron chi connectivity index (χ4n) is 1.50. The van der Waals surface area contributed by atoms with Crippen LogP contribution in [0.5, 0.6) is 0 Å². The van der Waals surface area contributed by atoms with Gasteiger partial charge in [0, 0.05) is 16.3 Å². The molecule has 1 aromatic rings. The monoisotopic (exact) mass is 319 g/mol. The Balaban J connectivity index is 2.44. The highest BCUT2D eigenvalue weighted by molar-refractivity contribution is 9.10. The van der Waals surface area contributed by atoms with Gasteiger partial charge in [-0.05, 0) is 41.9 Å². The second-order valence-corrected chi connectivity index (χ2v) is 6.62. The van der Waals surface area contributed by atoms with Crippen molar-refractivity contribution in [2.75, 3.05) is 11.5 Å². The first-order chi connectivity index (χ1) is 7.99. The molecule has 1 unspecified atom stereocenters. The Labute approximate surface area is 115 Å². The SMILES string of the molecule is CC(C)CSCC(N)Cc1cc(Br)ccc1F. The van der Waals surface area contributed by atoms with E-state index in [1.54, 1.807) is 6.07 Å². The minimum absolute atomic E-state index is 0.0163. The van der Waals surface area contributed by atoms with Crippen LogP contribution < -0.4 is 5.73 Å². The smallest absolute Gasteiger partial charge is 0.126 e. The van der Waals surface area contributed by atoms with Crippen LogP contribution in [0.25, 0.3) is 0 Å². The first-order valence-corrected chi connectivity index (χ1v) is 7.71. The highest BCUT2D eigenvalue weighted by Gasteiger charge is 2.09. The fourth-order valence-corrected chi connectivity index (χ4v) is 2.93. The second kappa shape index (κ2) is 7.39. The van der Waals surface area contributed by atoms with Crippen molar-refractivity contribution < 1.29 is 4.39 Å². The summed E-state index contributed by atoms with van der Waals surface area (Å²) in [6.07, 6.45) is 0.594. The lowest BCUT2D eigenvalue weighted by molar-refractivity contribution is 0.597. The standard InChI is InChI=1S/C13H19BrFNS/c1-9(2)7-17-8-12(16)6-10-5-11(14)3-4-13(10)15/h3-5,9,12H,6-8,16H2,1-2H3. The maximum absolute atomic E-state index is 13.5. The second-order valence-electron chi connectivity index (χ2n) is 4.63. The van der Waals surface area contributed by atoms with Crippen molar-refractivity contribution in [3.8, 4) is 0 Å². The van der Waals surface area contributed by atoms with Crippen molar-refractivity contribution in [1.82, 2.24) is 0 Å². The molecule has 0 aromatic heterocycles. The molecule has 1 aromatic carbocycles. The van der Waals surface area contributed by atoms with E-state index in [-0.39, 0.29) is 11.9 Å². The number of nitrogens with two attached hydrogens (primary N) is 1. The topological polar surface area (TPSA) is 26.0 Å². The van der Waals surface area contributed by atoms with Crippen LogP contribution in [0.4, 0.5) is 4.39 Å². The molecular weight excluding hydrogens is 301 g/mol. The van der Waals surface area contributed by atoms with E-state index in [0.717, 1.165) is 16.0 Å². The molecule has 0 fully saturated rings. The van der Waals surface area contributed by atoms with Crippen LogP contribution in [0, 0.1) is 11.7 Å². The van der Waals surface area contributed by atoms with Crippen LogP contribution in [-0.4, -0.2) is 17.5 Å². The van der Waals surface area contributed by atoms with Gasteiger partial charge in [-0.25, -0.2) is 4.39 Å². The van der Waals surface area contributed by atoms with Gasteiger partial charge in [0.15, 0.2) is 0 Å². The summed E-state index contributed by atoms with van der Waals surface area (Å²) in [4.78, 5) is 0. The number of hydrogen-bond acceptors (Lipinski definition) is 2. The number of rotatable bonds is 6. The number of benzene rings is 1. The quantitative estimate of drug-likeness (QED) is 0.862. The molecule has 1 nitrogen and oxygen atoms in total. The molecule has 0 radical (unpaired) electrons. The summed E-state index contributed by atoms with van der Waals surface area (Å²) >= 11 is 5.18. The van der Waals surface area contributed by atoms with E-state index in [9.17, 15) is 4.39 Å². The molecule has 1 rings (SSSR count). The van der Waals surface area contributed by atoms with Crippen LogP contribution >= 0.6 is 27.7 Å². The largest absolute Gasteiger partial charge is 0.327 e. The van der Waals surface area contributed by atoms with E-state index in [2.05, 4.69) is 29.8 Å². The Kier molecular flexibility index (Phi) is 6.52. The predicted molar refractivity (Wildman–Crippen MR) is 77.9 cm³/mol. The normalized spacial score (nSPS) is 13.1. The molecule has 17 heavy (non-hydrogen) atoms. The molecule has 0 saturated heterocycles. The summed E-state index contributed by atoms with van der Waals surface area (Å²) in [5.41, 5.74) is 6.70. The highest BCUT2D eigenvalue weighted by atomic mass is 79.9. The third kappa shape index (κ3) is 5.89. The van der Waals surface area contributed by atoms with Crippen LogP contribution in [0.2, 0.25) is 0 Å². The lowest BCUT2D eigenvalue weighted by atomic mass is 10.1. The molecule has 1 atom stereocenters. The van der Waals surface area contributed by atoms with Gasteiger partial charge < -0.3 is 5.73 Å².